The molecule has 3 rings (SSSR count). The van der Waals surface area contributed by atoms with E-state index < -0.39 is 17.5 Å². The van der Waals surface area contributed by atoms with Gasteiger partial charge in [0.2, 0.25) is 0 Å². The number of imidazole rings is 1. The first-order valence-corrected chi connectivity index (χ1v) is 7.00. The fourth-order valence-electron chi connectivity index (χ4n) is 2.77. The predicted octanol–water partition coefficient (Wildman–Crippen LogP) is 1.76. The maximum Gasteiger partial charge on any atom is 0.269 e. The smallest absolute Gasteiger partial charge is 0.269 e. The van der Waals surface area contributed by atoms with E-state index in [9.17, 15) is 13.6 Å². The second kappa shape index (κ2) is 5.49. The molecule has 116 valence electrons. The molecule has 0 aliphatic carbocycles. The Bertz CT molecular complexity index is 741. The summed E-state index contributed by atoms with van der Waals surface area (Å²) in [5, 5.41) is 0. The average Bonchev–Trinajstić information content (AvgIpc) is 2.70. The Morgan fingerprint density at radius 3 is 2.73 bits per heavy atom. The highest BCUT2D eigenvalue weighted by Gasteiger charge is 2.24. The van der Waals surface area contributed by atoms with Gasteiger partial charge in [0.1, 0.15) is 5.82 Å². The third-order valence-corrected chi connectivity index (χ3v) is 3.82. The lowest BCUT2D eigenvalue weighted by Crippen LogP contribution is -2.21. The highest BCUT2D eigenvalue weighted by Crippen LogP contribution is 2.26. The molecule has 0 unspecified atom stereocenters. The molecule has 0 atom stereocenters. The van der Waals surface area contributed by atoms with E-state index in [-0.39, 0.29) is 5.69 Å². The average molecular weight is 306 g/mol. The number of carbonyl (C=O) groups is 1. The van der Waals surface area contributed by atoms with Crippen LogP contribution in [0.3, 0.4) is 0 Å². The van der Waals surface area contributed by atoms with Gasteiger partial charge in [0.25, 0.3) is 5.91 Å². The van der Waals surface area contributed by atoms with Crippen molar-refractivity contribution in [1.29, 1.82) is 0 Å². The summed E-state index contributed by atoms with van der Waals surface area (Å²) in [6.07, 6.45) is 0.870. The molecule has 7 heteroatoms. The number of hydrogen-bond acceptors (Lipinski definition) is 3. The molecule has 1 aromatic carbocycles. The highest BCUT2D eigenvalue weighted by molar-refractivity contribution is 5.93. The zero-order chi connectivity index (χ0) is 15.9. The maximum atomic E-state index is 13.5. The van der Waals surface area contributed by atoms with Crippen molar-refractivity contribution in [1.82, 2.24) is 14.5 Å². The molecule has 0 saturated heterocycles. The number of nitrogens with two attached hydrogens (primary N) is 1. The number of fused-ring (bicyclic) bond motifs is 1. The lowest BCUT2D eigenvalue weighted by atomic mass is 10.2. The van der Waals surface area contributed by atoms with Crippen molar-refractivity contribution in [2.24, 2.45) is 5.73 Å². The third-order valence-electron chi connectivity index (χ3n) is 3.82. The Hall–Kier alpha value is -2.28. The molecular weight excluding hydrogens is 290 g/mol. The maximum absolute atomic E-state index is 13.5. The lowest BCUT2D eigenvalue weighted by molar-refractivity contribution is 0.0994. The number of aromatic nitrogens is 2. The van der Waals surface area contributed by atoms with E-state index >= 15 is 0 Å². The first-order chi connectivity index (χ1) is 10.5. The summed E-state index contributed by atoms with van der Waals surface area (Å²) in [6.45, 7) is 2.06. The van der Waals surface area contributed by atoms with E-state index in [1.807, 2.05) is 11.6 Å². The molecule has 0 saturated carbocycles. The monoisotopic (exact) mass is 306 g/mol. The Labute approximate surface area is 126 Å². The van der Waals surface area contributed by atoms with Gasteiger partial charge in [0, 0.05) is 18.7 Å². The van der Waals surface area contributed by atoms with Crippen molar-refractivity contribution >= 4 is 5.91 Å². The molecular formula is C15H16F2N4O. The van der Waals surface area contributed by atoms with Gasteiger partial charge in [-0.1, -0.05) is 0 Å². The van der Waals surface area contributed by atoms with Crippen LogP contribution in [0.2, 0.25) is 0 Å². The minimum absolute atomic E-state index is 0.188. The van der Waals surface area contributed by atoms with E-state index in [0.717, 1.165) is 25.1 Å². The third kappa shape index (κ3) is 2.48. The largest absolute Gasteiger partial charge is 0.364 e. The molecule has 0 fully saturated rings. The standard InChI is InChI=1S/C15H16F2N4O/c1-20-5-2-6-21-12(8-20)13(14(18)22)19-15(21)9-3-4-10(16)11(17)7-9/h3-4,7H,2,5-6,8H2,1H3,(H2,18,22). The van der Waals surface area contributed by atoms with E-state index in [1.54, 1.807) is 0 Å². The molecule has 0 spiro atoms. The molecule has 1 amide bonds. The first kappa shape index (κ1) is 14.6. The molecule has 0 radical (unpaired) electrons. The number of carbonyl (C=O) groups excluding carboxylic acids is 1. The van der Waals surface area contributed by atoms with Crippen LogP contribution < -0.4 is 5.73 Å². The number of amides is 1. The van der Waals surface area contributed by atoms with Gasteiger partial charge in [0.05, 0.1) is 5.69 Å². The van der Waals surface area contributed by atoms with Crippen LogP contribution in [0.5, 0.6) is 0 Å². The summed E-state index contributed by atoms with van der Waals surface area (Å²) < 4.78 is 28.5. The van der Waals surface area contributed by atoms with Crippen LogP contribution in [0.25, 0.3) is 11.4 Å². The summed E-state index contributed by atoms with van der Waals surface area (Å²) in [5.41, 5.74) is 6.74. The zero-order valence-electron chi connectivity index (χ0n) is 12.1. The highest BCUT2D eigenvalue weighted by atomic mass is 19.2. The van der Waals surface area contributed by atoms with Crippen LogP contribution in [-0.4, -0.2) is 34.0 Å². The van der Waals surface area contributed by atoms with Gasteiger partial charge < -0.3 is 15.2 Å². The van der Waals surface area contributed by atoms with E-state index in [1.165, 1.54) is 6.07 Å². The van der Waals surface area contributed by atoms with E-state index in [4.69, 9.17) is 5.73 Å². The summed E-state index contributed by atoms with van der Waals surface area (Å²) in [4.78, 5) is 18.0. The Balaban J connectivity index is 2.17. The van der Waals surface area contributed by atoms with Crippen LogP contribution in [-0.2, 0) is 13.1 Å². The molecule has 2 aromatic rings. The van der Waals surface area contributed by atoms with E-state index in [0.29, 0.717) is 30.2 Å². The molecule has 1 aliphatic heterocycles. The van der Waals surface area contributed by atoms with Crippen molar-refractivity contribution in [3.05, 3.63) is 41.2 Å². The second-order valence-corrected chi connectivity index (χ2v) is 5.47. The first-order valence-electron chi connectivity index (χ1n) is 7.00. The summed E-state index contributed by atoms with van der Waals surface area (Å²) in [7, 11) is 1.95. The van der Waals surface area contributed by atoms with Gasteiger partial charge in [-0.15, -0.1) is 0 Å². The summed E-state index contributed by atoms with van der Waals surface area (Å²) in [6, 6.07) is 3.59. The fourth-order valence-corrected chi connectivity index (χ4v) is 2.77. The molecule has 22 heavy (non-hydrogen) atoms. The second-order valence-electron chi connectivity index (χ2n) is 5.47. The van der Waals surface area contributed by atoms with Crippen LogP contribution in [0.1, 0.15) is 22.6 Å². The van der Waals surface area contributed by atoms with Gasteiger partial charge in [-0.3, -0.25) is 4.79 Å². The van der Waals surface area contributed by atoms with Crippen molar-refractivity contribution in [2.45, 2.75) is 19.5 Å². The number of primary amides is 1. The molecule has 1 aromatic heterocycles. The van der Waals surface area contributed by atoms with Crippen molar-refractivity contribution in [2.75, 3.05) is 13.6 Å². The Kier molecular flexibility index (Phi) is 3.66. The van der Waals surface area contributed by atoms with Crippen LogP contribution >= 0.6 is 0 Å². The Morgan fingerprint density at radius 1 is 1.27 bits per heavy atom. The fraction of sp³-hybridized carbons (Fsp3) is 0.333. The summed E-state index contributed by atoms with van der Waals surface area (Å²) >= 11 is 0. The van der Waals surface area contributed by atoms with Crippen molar-refractivity contribution in [3.63, 3.8) is 0 Å². The topological polar surface area (TPSA) is 64.2 Å². The van der Waals surface area contributed by atoms with E-state index in [2.05, 4.69) is 9.88 Å². The van der Waals surface area contributed by atoms with Gasteiger partial charge in [0.15, 0.2) is 17.3 Å². The SMILES string of the molecule is CN1CCCn2c(-c3ccc(F)c(F)c3)nc(C(N)=O)c2C1. The minimum atomic E-state index is -0.943. The minimum Gasteiger partial charge on any atom is -0.364 e. The van der Waals surface area contributed by atoms with Crippen molar-refractivity contribution in [3.8, 4) is 11.4 Å². The van der Waals surface area contributed by atoms with Gasteiger partial charge >= 0.3 is 0 Å². The molecule has 0 bridgehead atoms. The number of rotatable bonds is 2. The normalized spacial score (nSPS) is 15.4. The number of benzene rings is 1. The van der Waals surface area contributed by atoms with Gasteiger partial charge in [-0.2, -0.15) is 0 Å². The van der Waals surface area contributed by atoms with Gasteiger partial charge in [-0.05, 0) is 38.2 Å². The number of hydrogen-bond donors (Lipinski definition) is 1. The van der Waals surface area contributed by atoms with Crippen LogP contribution in [0.4, 0.5) is 8.78 Å². The lowest BCUT2D eigenvalue weighted by Gasteiger charge is -2.12. The number of halogens is 2. The predicted molar refractivity (Wildman–Crippen MR) is 77.0 cm³/mol. The van der Waals surface area contributed by atoms with Crippen LogP contribution in [0, 0.1) is 11.6 Å². The quantitative estimate of drug-likeness (QED) is 0.919. The number of nitrogens with zero attached hydrogens (tertiary/aromatic N) is 3. The zero-order valence-corrected chi connectivity index (χ0v) is 12.1. The molecule has 2 N–H and O–H groups in total. The van der Waals surface area contributed by atoms with Gasteiger partial charge in [-0.25, -0.2) is 13.8 Å². The molecule has 2 heterocycles. The molecule has 5 nitrogen and oxygen atoms in total. The summed E-state index contributed by atoms with van der Waals surface area (Å²) in [5.74, 6) is -2.03. The van der Waals surface area contributed by atoms with Crippen molar-refractivity contribution < 1.29 is 13.6 Å². The Morgan fingerprint density at radius 2 is 2.05 bits per heavy atom. The van der Waals surface area contributed by atoms with Crippen LogP contribution in [0.15, 0.2) is 18.2 Å². The molecule has 1 aliphatic rings.